The quantitative estimate of drug-likeness (QED) is 0.108. The molecule has 252 valence electrons. The van der Waals surface area contributed by atoms with Crippen LogP contribution >= 0.6 is 15.9 Å². The highest BCUT2D eigenvalue weighted by Crippen LogP contribution is 2.60. The lowest BCUT2D eigenvalue weighted by Crippen LogP contribution is -2.57. The maximum atomic E-state index is 14.8. The molecule has 2 bridgehead atoms. The maximum absolute atomic E-state index is 14.8. The number of likely N-dealkylation sites (tertiary alicyclic amines) is 1. The van der Waals surface area contributed by atoms with Crippen molar-refractivity contribution in [3.05, 3.63) is 54.6 Å². The first-order valence-corrected chi connectivity index (χ1v) is 17.2. The number of carbonyl (C=O) groups is 4. The number of rotatable bonds is 17. The van der Waals surface area contributed by atoms with Gasteiger partial charge in [-0.2, -0.15) is 0 Å². The first kappa shape index (κ1) is 35.8. The number of amides is 3. The van der Waals surface area contributed by atoms with Crippen molar-refractivity contribution in [2.45, 2.75) is 94.4 Å². The standard InChI is InChI=1S/C35H48BrN3O7/c1-6-8-16-26(41)37-21-24(5)45-34(44)27-28-32(42)39(18-11-9-10-12-19-40)31(35(28)20-25(36)30(27)46-35)33(43)38(17-7-2)29-22(3)14-13-15-23(29)4/h6-7,13-15,24-25,27-28,30-31,40H,1-2,8-12,16-21H2,3-5H3,(H,37,41)/t24-,25?,27-,28+,30-,31-,35+/m0/s1. The van der Waals surface area contributed by atoms with E-state index in [4.69, 9.17) is 9.47 Å². The van der Waals surface area contributed by atoms with Gasteiger partial charge in [-0.15, -0.1) is 13.2 Å². The second-order valence-corrected chi connectivity index (χ2v) is 13.9. The molecule has 10 nitrogen and oxygen atoms in total. The Kier molecular flexibility index (Phi) is 12.2. The van der Waals surface area contributed by atoms with Crippen LogP contribution < -0.4 is 10.2 Å². The molecule has 1 aromatic carbocycles. The van der Waals surface area contributed by atoms with E-state index >= 15 is 0 Å². The first-order chi connectivity index (χ1) is 22.0. The minimum atomic E-state index is -1.22. The van der Waals surface area contributed by atoms with Gasteiger partial charge in [0.15, 0.2) is 0 Å². The molecule has 1 unspecified atom stereocenters. The highest BCUT2D eigenvalue weighted by atomic mass is 79.9. The summed E-state index contributed by atoms with van der Waals surface area (Å²) in [5, 5.41) is 12.0. The molecule has 0 radical (unpaired) electrons. The Labute approximate surface area is 280 Å². The van der Waals surface area contributed by atoms with Crippen LogP contribution in [0.15, 0.2) is 43.5 Å². The van der Waals surface area contributed by atoms with Gasteiger partial charge in [-0.25, -0.2) is 0 Å². The lowest BCUT2D eigenvalue weighted by atomic mass is 9.70. The predicted octanol–water partition coefficient (Wildman–Crippen LogP) is 4.14. The second-order valence-electron chi connectivity index (χ2n) is 12.7. The normalized spacial score (nSPS) is 26.8. The molecule has 46 heavy (non-hydrogen) atoms. The summed E-state index contributed by atoms with van der Waals surface area (Å²) in [5.74, 6) is -3.09. The third kappa shape index (κ3) is 7.11. The van der Waals surface area contributed by atoms with E-state index in [-0.39, 0.29) is 42.2 Å². The number of hydrogen-bond donors (Lipinski definition) is 2. The fourth-order valence-electron chi connectivity index (χ4n) is 7.36. The molecular weight excluding hydrogens is 654 g/mol. The van der Waals surface area contributed by atoms with Crippen LogP contribution in [0.5, 0.6) is 0 Å². The lowest BCUT2D eigenvalue weighted by Gasteiger charge is -2.38. The average molecular weight is 703 g/mol. The van der Waals surface area contributed by atoms with Gasteiger partial charge >= 0.3 is 5.97 Å². The highest BCUT2D eigenvalue weighted by molar-refractivity contribution is 9.09. The van der Waals surface area contributed by atoms with Crippen molar-refractivity contribution in [2.75, 3.05) is 31.1 Å². The number of para-hydroxylation sites is 1. The molecule has 2 N–H and O–H groups in total. The molecule has 7 atom stereocenters. The summed E-state index contributed by atoms with van der Waals surface area (Å²) in [5.41, 5.74) is 1.39. The number of allylic oxidation sites excluding steroid dienone is 1. The number of anilines is 1. The molecule has 0 saturated carbocycles. The van der Waals surface area contributed by atoms with Crippen LogP contribution in [0.25, 0.3) is 0 Å². The van der Waals surface area contributed by atoms with Gasteiger partial charge in [0.2, 0.25) is 11.8 Å². The minimum absolute atomic E-state index is 0.101. The van der Waals surface area contributed by atoms with E-state index in [0.29, 0.717) is 38.6 Å². The zero-order valence-electron chi connectivity index (χ0n) is 27.2. The number of aliphatic hydroxyl groups is 1. The molecule has 0 aliphatic carbocycles. The van der Waals surface area contributed by atoms with E-state index < -0.39 is 41.7 Å². The Morgan fingerprint density at radius 2 is 1.89 bits per heavy atom. The number of nitrogens with zero attached hydrogens (tertiary/aromatic N) is 2. The van der Waals surface area contributed by atoms with Gasteiger partial charge in [0.1, 0.15) is 17.7 Å². The van der Waals surface area contributed by atoms with E-state index in [1.165, 1.54) is 0 Å². The van der Waals surface area contributed by atoms with Gasteiger partial charge in [0, 0.05) is 36.6 Å². The largest absolute Gasteiger partial charge is 0.460 e. The van der Waals surface area contributed by atoms with E-state index in [2.05, 4.69) is 34.4 Å². The van der Waals surface area contributed by atoms with Crippen molar-refractivity contribution in [1.29, 1.82) is 0 Å². The van der Waals surface area contributed by atoms with Gasteiger partial charge in [-0.3, -0.25) is 19.2 Å². The number of nitrogens with one attached hydrogen (secondary N) is 1. The molecule has 4 rings (SSSR count). The lowest BCUT2D eigenvalue weighted by molar-refractivity contribution is -0.159. The predicted molar refractivity (Wildman–Crippen MR) is 179 cm³/mol. The summed E-state index contributed by atoms with van der Waals surface area (Å²) >= 11 is 3.72. The molecule has 1 spiro atoms. The van der Waals surface area contributed by atoms with Crippen LogP contribution in [0.4, 0.5) is 5.69 Å². The summed E-state index contributed by atoms with van der Waals surface area (Å²) in [6, 6.07) is 4.89. The zero-order valence-corrected chi connectivity index (χ0v) is 28.8. The summed E-state index contributed by atoms with van der Waals surface area (Å²) in [6.07, 6.45) is 6.18. The third-order valence-corrected chi connectivity index (χ3v) is 10.2. The van der Waals surface area contributed by atoms with Crippen LogP contribution in [0, 0.1) is 25.7 Å². The summed E-state index contributed by atoms with van der Waals surface area (Å²) < 4.78 is 12.5. The smallest absolute Gasteiger partial charge is 0.312 e. The van der Waals surface area contributed by atoms with Crippen LogP contribution in [0.3, 0.4) is 0 Å². The summed E-state index contributed by atoms with van der Waals surface area (Å²) in [4.78, 5) is 58.2. The number of fused-ring (bicyclic) bond motifs is 1. The van der Waals surface area contributed by atoms with Gasteiger partial charge in [0.05, 0.1) is 24.5 Å². The van der Waals surface area contributed by atoms with E-state index in [1.54, 1.807) is 28.9 Å². The Bertz CT molecular complexity index is 1300. The fourth-order valence-corrected chi connectivity index (χ4v) is 8.31. The maximum Gasteiger partial charge on any atom is 0.312 e. The Morgan fingerprint density at radius 3 is 2.54 bits per heavy atom. The number of ether oxygens (including phenoxy) is 2. The number of aliphatic hydroxyl groups excluding tert-OH is 1. The van der Waals surface area contributed by atoms with Crippen molar-refractivity contribution in [2.24, 2.45) is 11.8 Å². The molecule has 3 aliphatic heterocycles. The van der Waals surface area contributed by atoms with E-state index in [1.807, 2.05) is 32.0 Å². The van der Waals surface area contributed by atoms with Crippen LogP contribution in [0.1, 0.15) is 63.0 Å². The number of alkyl halides is 1. The highest BCUT2D eigenvalue weighted by Gasteiger charge is 2.77. The monoisotopic (exact) mass is 701 g/mol. The van der Waals surface area contributed by atoms with Crippen molar-refractivity contribution in [3.63, 3.8) is 0 Å². The van der Waals surface area contributed by atoms with Crippen molar-refractivity contribution in [3.8, 4) is 0 Å². The van der Waals surface area contributed by atoms with Gasteiger partial charge in [0.25, 0.3) is 5.91 Å². The number of unbranched alkanes of at least 4 members (excludes halogenated alkanes) is 3. The molecule has 1 aromatic rings. The molecule has 3 saturated heterocycles. The topological polar surface area (TPSA) is 125 Å². The van der Waals surface area contributed by atoms with Crippen molar-refractivity contribution in [1.82, 2.24) is 10.2 Å². The Balaban J connectivity index is 1.65. The van der Waals surface area contributed by atoms with Crippen LogP contribution in [-0.4, -0.2) is 88.6 Å². The second kappa shape index (κ2) is 15.7. The SMILES string of the molecule is C=CCCC(=O)NC[C@H](C)OC(=O)[C@@H]1[C@H]2O[C@@]3(CC2Br)[C@H](C(=O)N(CC=C)c2c(C)cccc2C)N(CCCCCCO)C(=O)[C@@H]13. The zero-order chi connectivity index (χ0) is 33.6. The molecule has 3 aliphatic rings. The van der Waals surface area contributed by atoms with Crippen LogP contribution in [-0.2, 0) is 28.7 Å². The molecular formula is C35H48BrN3O7. The average Bonchev–Trinajstić information content (AvgIpc) is 3.61. The van der Waals surface area contributed by atoms with E-state index in [9.17, 15) is 24.3 Å². The number of carbonyl (C=O) groups excluding carboxylic acids is 4. The number of aryl methyl sites for hydroxylation is 2. The number of hydrogen-bond acceptors (Lipinski definition) is 7. The molecule has 0 aromatic heterocycles. The molecule has 3 heterocycles. The molecule has 3 fully saturated rings. The third-order valence-electron chi connectivity index (χ3n) is 9.37. The number of halogens is 1. The van der Waals surface area contributed by atoms with Gasteiger partial charge in [-0.1, -0.05) is 59.1 Å². The summed E-state index contributed by atoms with van der Waals surface area (Å²) in [6.45, 7) is 13.9. The number of benzene rings is 1. The Morgan fingerprint density at radius 1 is 1.20 bits per heavy atom. The van der Waals surface area contributed by atoms with Crippen LogP contribution in [0.2, 0.25) is 0 Å². The van der Waals surface area contributed by atoms with Gasteiger partial charge in [-0.05, 0) is 57.6 Å². The van der Waals surface area contributed by atoms with Gasteiger partial charge < -0.3 is 29.7 Å². The summed E-state index contributed by atoms with van der Waals surface area (Å²) in [7, 11) is 0. The number of esters is 1. The first-order valence-electron chi connectivity index (χ1n) is 16.3. The van der Waals surface area contributed by atoms with E-state index in [0.717, 1.165) is 29.7 Å². The minimum Gasteiger partial charge on any atom is -0.460 e. The van der Waals surface area contributed by atoms with Crippen molar-refractivity contribution < 1.29 is 33.8 Å². The Hall–Kier alpha value is -3.02. The molecule has 11 heteroatoms. The molecule has 3 amide bonds. The van der Waals surface area contributed by atoms with Crippen molar-refractivity contribution >= 4 is 45.3 Å². The fraction of sp³-hybridized carbons (Fsp3) is 0.600.